The molecule has 3 rings (SSSR count). The Labute approximate surface area is 141 Å². The van der Waals surface area contributed by atoms with Crippen LogP contribution in [-0.2, 0) is 4.79 Å². The summed E-state index contributed by atoms with van der Waals surface area (Å²) in [5.74, 6) is 0.830. The summed E-state index contributed by atoms with van der Waals surface area (Å²) in [5.41, 5.74) is 0. The molecule has 23 heavy (non-hydrogen) atoms. The van der Waals surface area contributed by atoms with Gasteiger partial charge >= 0.3 is 0 Å². The van der Waals surface area contributed by atoms with Crippen LogP contribution in [0.5, 0.6) is 5.75 Å². The number of amides is 2. The predicted molar refractivity (Wildman–Crippen MR) is 90.0 cm³/mol. The number of hydrogen-bond acceptors (Lipinski definition) is 4. The molecule has 0 aromatic carbocycles. The summed E-state index contributed by atoms with van der Waals surface area (Å²) in [6.07, 6.45) is 3.99. The predicted octanol–water partition coefficient (Wildman–Crippen LogP) is 2.54. The fourth-order valence-corrected chi connectivity index (χ4v) is 4.44. The Morgan fingerprint density at radius 1 is 1.17 bits per heavy atom. The number of aryl methyl sites for hydroxylation is 1. The number of methoxy groups -OCH3 is 1. The van der Waals surface area contributed by atoms with Crippen LogP contribution in [0.1, 0.15) is 40.2 Å². The molecular weight excluding hydrogens is 312 g/mol. The second-order valence-electron chi connectivity index (χ2n) is 6.38. The number of thiophene rings is 1. The fraction of sp³-hybridized carbons (Fsp3) is 0.647. The smallest absolute Gasteiger partial charge is 0.267 e. The molecule has 2 fully saturated rings. The molecule has 2 saturated heterocycles. The summed E-state index contributed by atoms with van der Waals surface area (Å²) in [6, 6.07) is 1.90. The zero-order chi connectivity index (χ0) is 16.4. The van der Waals surface area contributed by atoms with Crippen LogP contribution < -0.4 is 4.74 Å². The van der Waals surface area contributed by atoms with Crippen LogP contribution in [0.4, 0.5) is 0 Å². The Hall–Kier alpha value is -1.56. The van der Waals surface area contributed by atoms with Crippen molar-refractivity contribution in [1.82, 2.24) is 9.80 Å². The number of rotatable bonds is 3. The zero-order valence-electron chi connectivity index (χ0n) is 13.8. The Morgan fingerprint density at radius 2 is 1.87 bits per heavy atom. The van der Waals surface area contributed by atoms with E-state index < -0.39 is 0 Å². The van der Waals surface area contributed by atoms with E-state index in [0.29, 0.717) is 17.2 Å². The highest BCUT2D eigenvalue weighted by atomic mass is 32.1. The van der Waals surface area contributed by atoms with E-state index in [1.807, 2.05) is 22.8 Å². The van der Waals surface area contributed by atoms with Crippen LogP contribution in [0.15, 0.2) is 6.07 Å². The first-order valence-corrected chi connectivity index (χ1v) is 9.14. The van der Waals surface area contributed by atoms with E-state index in [1.54, 1.807) is 7.11 Å². The van der Waals surface area contributed by atoms with Crippen molar-refractivity contribution in [1.29, 1.82) is 0 Å². The average Bonchev–Trinajstić information content (AvgIpc) is 3.22. The van der Waals surface area contributed by atoms with Gasteiger partial charge in [0.15, 0.2) is 0 Å². The average molecular weight is 336 g/mol. The largest absolute Gasteiger partial charge is 0.495 e. The maximum Gasteiger partial charge on any atom is 0.267 e. The van der Waals surface area contributed by atoms with Gasteiger partial charge in [-0.1, -0.05) is 0 Å². The van der Waals surface area contributed by atoms with E-state index in [9.17, 15) is 9.59 Å². The third kappa shape index (κ3) is 3.37. The summed E-state index contributed by atoms with van der Waals surface area (Å²) in [7, 11) is 1.59. The maximum absolute atomic E-state index is 12.8. The quantitative estimate of drug-likeness (QED) is 0.852. The van der Waals surface area contributed by atoms with E-state index in [4.69, 9.17) is 4.74 Å². The van der Waals surface area contributed by atoms with Crippen molar-refractivity contribution in [3.8, 4) is 5.75 Å². The molecule has 0 bridgehead atoms. The van der Waals surface area contributed by atoms with Crippen molar-refractivity contribution < 1.29 is 14.3 Å². The molecule has 2 amide bonds. The van der Waals surface area contributed by atoms with Crippen molar-refractivity contribution in [2.75, 3.05) is 33.3 Å². The SMILES string of the molecule is COc1cc(C)sc1C(=O)N1CCC[C@H](C(=O)N2CCCC2)C1. The number of carbonyl (C=O) groups is 2. The van der Waals surface area contributed by atoms with Crippen LogP contribution in [0.2, 0.25) is 0 Å². The molecule has 0 unspecified atom stereocenters. The number of ether oxygens (including phenoxy) is 1. The Morgan fingerprint density at radius 3 is 2.57 bits per heavy atom. The van der Waals surface area contributed by atoms with Gasteiger partial charge < -0.3 is 14.5 Å². The molecule has 0 saturated carbocycles. The molecule has 3 heterocycles. The fourth-order valence-electron chi connectivity index (χ4n) is 3.49. The van der Waals surface area contributed by atoms with Gasteiger partial charge in [0.25, 0.3) is 5.91 Å². The summed E-state index contributed by atoms with van der Waals surface area (Å²) in [4.78, 5) is 30.9. The van der Waals surface area contributed by atoms with Gasteiger partial charge in [0.2, 0.25) is 5.91 Å². The molecule has 1 atom stereocenters. The molecule has 126 valence electrons. The van der Waals surface area contributed by atoms with Gasteiger partial charge in [-0.3, -0.25) is 9.59 Å². The van der Waals surface area contributed by atoms with Crippen LogP contribution in [-0.4, -0.2) is 54.9 Å². The summed E-state index contributed by atoms with van der Waals surface area (Å²) >= 11 is 1.46. The van der Waals surface area contributed by atoms with Gasteiger partial charge in [0, 0.05) is 31.1 Å². The second-order valence-corrected chi connectivity index (χ2v) is 7.63. The molecule has 0 radical (unpaired) electrons. The van der Waals surface area contributed by atoms with E-state index in [2.05, 4.69) is 0 Å². The summed E-state index contributed by atoms with van der Waals surface area (Å²) in [6.45, 7) is 4.99. The molecule has 2 aliphatic heterocycles. The molecule has 1 aromatic rings. The number of carbonyl (C=O) groups excluding carboxylic acids is 2. The van der Waals surface area contributed by atoms with Gasteiger partial charge in [-0.2, -0.15) is 0 Å². The lowest BCUT2D eigenvalue weighted by Crippen LogP contribution is -2.46. The van der Waals surface area contributed by atoms with Crippen molar-refractivity contribution in [3.05, 3.63) is 15.8 Å². The molecule has 1 aromatic heterocycles. The zero-order valence-corrected chi connectivity index (χ0v) is 14.7. The van der Waals surface area contributed by atoms with E-state index >= 15 is 0 Å². The number of nitrogens with zero attached hydrogens (tertiary/aromatic N) is 2. The van der Waals surface area contributed by atoms with Gasteiger partial charge in [-0.25, -0.2) is 0 Å². The number of hydrogen-bond donors (Lipinski definition) is 0. The van der Waals surface area contributed by atoms with Crippen molar-refractivity contribution >= 4 is 23.2 Å². The first-order valence-electron chi connectivity index (χ1n) is 8.32. The van der Waals surface area contributed by atoms with E-state index in [0.717, 1.165) is 50.2 Å². The standard InChI is InChI=1S/C17H24N2O3S/c1-12-10-14(22-2)15(23-12)17(21)19-9-5-6-13(11-19)16(20)18-7-3-4-8-18/h10,13H,3-9,11H2,1-2H3/t13-/m0/s1. The molecular formula is C17H24N2O3S. The van der Waals surface area contributed by atoms with Gasteiger partial charge in [-0.15, -0.1) is 11.3 Å². The lowest BCUT2D eigenvalue weighted by Gasteiger charge is -2.33. The van der Waals surface area contributed by atoms with Crippen LogP contribution in [0.25, 0.3) is 0 Å². The Balaban J connectivity index is 1.70. The highest BCUT2D eigenvalue weighted by molar-refractivity contribution is 7.14. The third-order valence-electron chi connectivity index (χ3n) is 4.71. The number of piperidine rings is 1. The molecule has 5 nitrogen and oxygen atoms in total. The van der Waals surface area contributed by atoms with Crippen LogP contribution in [0, 0.1) is 12.8 Å². The minimum absolute atomic E-state index is 0.00104. The molecule has 0 N–H and O–H groups in total. The highest BCUT2D eigenvalue weighted by Gasteiger charge is 2.33. The first-order chi connectivity index (χ1) is 11.1. The number of likely N-dealkylation sites (tertiary alicyclic amines) is 2. The van der Waals surface area contributed by atoms with Crippen molar-refractivity contribution in [3.63, 3.8) is 0 Å². The monoisotopic (exact) mass is 336 g/mol. The van der Waals surface area contributed by atoms with Crippen LogP contribution in [0.3, 0.4) is 0 Å². The van der Waals surface area contributed by atoms with Crippen molar-refractivity contribution in [2.24, 2.45) is 5.92 Å². The van der Waals surface area contributed by atoms with Gasteiger partial charge in [-0.05, 0) is 38.7 Å². The van der Waals surface area contributed by atoms with Crippen molar-refractivity contribution in [2.45, 2.75) is 32.6 Å². The maximum atomic E-state index is 12.8. The van der Waals surface area contributed by atoms with E-state index in [1.165, 1.54) is 11.3 Å². The minimum Gasteiger partial charge on any atom is -0.495 e. The highest BCUT2D eigenvalue weighted by Crippen LogP contribution is 2.31. The second kappa shape index (κ2) is 6.91. The third-order valence-corrected chi connectivity index (χ3v) is 5.73. The lowest BCUT2D eigenvalue weighted by atomic mass is 9.96. The molecule has 2 aliphatic rings. The topological polar surface area (TPSA) is 49.9 Å². The van der Waals surface area contributed by atoms with Gasteiger partial charge in [0.1, 0.15) is 10.6 Å². The summed E-state index contributed by atoms with van der Waals surface area (Å²) < 4.78 is 5.32. The summed E-state index contributed by atoms with van der Waals surface area (Å²) in [5, 5.41) is 0. The molecule has 0 aliphatic carbocycles. The normalized spacial score (nSPS) is 21.6. The van der Waals surface area contributed by atoms with Crippen LogP contribution >= 0.6 is 11.3 Å². The van der Waals surface area contributed by atoms with E-state index in [-0.39, 0.29) is 17.7 Å². The lowest BCUT2D eigenvalue weighted by molar-refractivity contribution is -0.135. The first kappa shape index (κ1) is 16.3. The Bertz CT molecular complexity index is 593. The molecule has 6 heteroatoms. The Kier molecular flexibility index (Phi) is 4.90. The molecule has 0 spiro atoms. The minimum atomic E-state index is -0.0437. The van der Waals surface area contributed by atoms with Gasteiger partial charge in [0.05, 0.1) is 13.0 Å².